The summed E-state index contributed by atoms with van der Waals surface area (Å²) in [4.78, 5) is 0. The van der Waals surface area contributed by atoms with Gasteiger partial charge in [0.2, 0.25) is 0 Å². The third-order valence-electron chi connectivity index (χ3n) is 2.40. The van der Waals surface area contributed by atoms with Crippen molar-refractivity contribution in [2.24, 2.45) is 0 Å². The van der Waals surface area contributed by atoms with Crippen LogP contribution in [0.2, 0.25) is 0 Å². The van der Waals surface area contributed by atoms with E-state index < -0.39 is 11.6 Å². The molecule has 1 atom stereocenters. The molecule has 1 unspecified atom stereocenters. The van der Waals surface area contributed by atoms with Crippen LogP contribution < -0.4 is 51.4 Å². The summed E-state index contributed by atoms with van der Waals surface area (Å²) >= 11 is 0. The summed E-state index contributed by atoms with van der Waals surface area (Å²) in [7, 11) is 0. The van der Waals surface area contributed by atoms with E-state index in [2.05, 4.69) is 6.42 Å². The number of hydrogen-bond donors (Lipinski definition) is 0. The van der Waals surface area contributed by atoms with E-state index in [-0.39, 0.29) is 56.8 Å². The second-order valence-electron chi connectivity index (χ2n) is 3.45. The zero-order valence-electron chi connectivity index (χ0n) is 7.77. The first kappa shape index (κ1) is 11.8. The van der Waals surface area contributed by atoms with Crippen LogP contribution in [-0.2, 0) is 5.41 Å². The fourth-order valence-electron chi connectivity index (χ4n) is 1.24. The molecular weight excluding hydrogens is 197 g/mol. The molecule has 13 heavy (non-hydrogen) atoms. The molecule has 1 fully saturated rings. The minimum atomic E-state index is -0.775. The van der Waals surface area contributed by atoms with Gasteiger partial charge in [-0.1, -0.05) is 18.6 Å². The van der Waals surface area contributed by atoms with Crippen LogP contribution in [0.5, 0.6) is 0 Å². The molecule has 0 radical (unpaired) electrons. The van der Waals surface area contributed by atoms with Gasteiger partial charge in [-0.2, -0.15) is 11.8 Å². The monoisotopic (exact) mass is 206 g/mol. The van der Waals surface area contributed by atoms with Gasteiger partial charge in [-0.15, -0.1) is 0 Å². The summed E-state index contributed by atoms with van der Waals surface area (Å²) in [5, 5.41) is 0. The first-order valence-corrected chi connectivity index (χ1v) is 3.92. The molecule has 64 valence electrons. The van der Waals surface area contributed by atoms with E-state index in [1.54, 1.807) is 6.07 Å². The van der Waals surface area contributed by atoms with E-state index in [9.17, 15) is 8.78 Å². The van der Waals surface area contributed by atoms with Crippen LogP contribution in [-0.4, -0.2) is 0 Å². The third-order valence-corrected chi connectivity index (χ3v) is 2.40. The van der Waals surface area contributed by atoms with Crippen molar-refractivity contribution in [1.82, 2.24) is 0 Å². The topological polar surface area (TPSA) is 0 Å². The molecule has 0 amide bonds. The van der Waals surface area contributed by atoms with Gasteiger partial charge >= 0.3 is 51.4 Å². The molecule has 0 N–H and O–H groups in total. The van der Waals surface area contributed by atoms with Crippen LogP contribution in [0.4, 0.5) is 8.78 Å². The summed E-state index contributed by atoms with van der Waals surface area (Å²) in [6, 6.07) is 4.10. The second-order valence-corrected chi connectivity index (χ2v) is 3.45. The van der Waals surface area contributed by atoms with Gasteiger partial charge in [0.25, 0.3) is 0 Å². The largest absolute Gasteiger partial charge is 1.00 e. The van der Waals surface area contributed by atoms with Crippen LogP contribution in [0.1, 0.15) is 18.9 Å². The Morgan fingerprint density at radius 1 is 1.31 bits per heavy atom. The second kappa shape index (κ2) is 4.07. The van der Waals surface area contributed by atoms with Gasteiger partial charge in [-0.25, -0.2) is 8.78 Å². The van der Waals surface area contributed by atoms with Crippen molar-refractivity contribution < 1.29 is 60.2 Å². The van der Waals surface area contributed by atoms with Gasteiger partial charge < -0.3 is 6.42 Å². The average Bonchev–Trinajstić information content (AvgIpc) is 2.75. The van der Waals surface area contributed by atoms with Gasteiger partial charge in [-0.05, 0) is 12.1 Å². The summed E-state index contributed by atoms with van der Waals surface area (Å²) in [5.74, 6) is -1.53. The first-order chi connectivity index (χ1) is 5.62. The standard InChI is InChI=1S/C10H9F2.K/c1-10(4-5-10)7-2-3-8(11)9(12)6-7;/h2-4,6H,5H2,1H3;/q-1;+1. The van der Waals surface area contributed by atoms with Crippen LogP contribution in [0.25, 0.3) is 0 Å². The predicted octanol–water partition coefficient (Wildman–Crippen LogP) is -0.166. The van der Waals surface area contributed by atoms with Crippen molar-refractivity contribution in [1.29, 1.82) is 0 Å². The molecule has 0 aliphatic heterocycles. The summed E-state index contributed by atoms with van der Waals surface area (Å²) in [5.41, 5.74) is 0.857. The van der Waals surface area contributed by atoms with Crippen LogP contribution in [0, 0.1) is 18.1 Å². The van der Waals surface area contributed by atoms with Crippen LogP contribution in [0.15, 0.2) is 18.2 Å². The van der Waals surface area contributed by atoms with Gasteiger partial charge in [0.1, 0.15) is 0 Å². The minimum Gasteiger partial charge on any atom is -0.322 e. The molecule has 1 aromatic carbocycles. The Labute approximate surface area is 119 Å². The maximum Gasteiger partial charge on any atom is 1.00 e. The third kappa shape index (κ3) is 2.39. The number of rotatable bonds is 1. The molecule has 1 aliphatic rings. The summed E-state index contributed by atoms with van der Waals surface area (Å²) < 4.78 is 25.3. The molecule has 0 nitrogen and oxygen atoms in total. The zero-order chi connectivity index (χ0) is 8.77. The molecule has 0 bridgehead atoms. The zero-order valence-corrected chi connectivity index (χ0v) is 10.9. The van der Waals surface area contributed by atoms with Crippen molar-refractivity contribution in [2.75, 3.05) is 0 Å². The fourth-order valence-corrected chi connectivity index (χ4v) is 1.24. The molecule has 0 aromatic heterocycles. The van der Waals surface area contributed by atoms with Crippen LogP contribution in [0.3, 0.4) is 0 Å². The van der Waals surface area contributed by atoms with E-state index in [4.69, 9.17) is 0 Å². The number of hydrogen-bond acceptors (Lipinski definition) is 0. The predicted molar refractivity (Wildman–Crippen MR) is 42.6 cm³/mol. The Hall–Kier alpha value is 0.716. The molecule has 0 saturated heterocycles. The molecule has 1 aromatic rings. The molecule has 0 heterocycles. The van der Waals surface area contributed by atoms with E-state index in [0.29, 0.717) is 0 Å². The number of benzene rings is 1. The minimum absolute atomic E-state index is 0. The maximum atomic E-state index is 12.7. The summed E-state index contributed by atoms with van der Waals surface area (Å²) in [6.07, 6.45) is 3.04. The first-order valence-electron chi connectivity index (χ1n) is 3.92. The normalized spacial score (nSPS) is 25.2. The van der Waals surface area contributed by atoms with Crippen LogP contribution >= 0.6 is 0 Å². The average molecular weight is 206 g/mol. The van der Waals surface area contributed by atoms with Gasteiger partial charge in [0, 0.05) is 0 Å². The van der Waals surface area contributed by atoms with E-state index >= 15 is 0 Å². The van der Waals surface area contributed by atoms with E-state index in [0.717, 1.165) is 12.0 Å². The Morgan fingerprint density at radius 3 is 2.38 bits per heavy atom. The van der Waals surface area contributed by atoms with Gasteiger partial charge in [0.15, 0.2) is 11.6 Å². The van der Waals surface area contributed by atoms with Crippen molar-refractivity contribution >= 4 is 0 Å². The number of halogens is 2. The smallest absolute Gasteiger partial charge is 0.322 e. The van der Waals surface area contributed by atoms with Crippen molar-refractivity contribution in [3.8, 4) is 0 Å². The Balaban J connectivity index is 0.000000845. The van der Waals surface area contributed by atoms with Gasteiger partial charge in [-0.3, -0.25) is 0 Å². The van der Waals surface area contributed by atoms with Crippen molar-refractivity contribution in [2.45, 2.75) is 18.8 Å². The van der Waals surface area contributed by atoms with Crippen molar-refractivity contribution in [3.63, 3.8) is 0 Å². The molecular formula is C10H9F2K. The van der Waals surface area contributed by atoms with E-state index in [1.807, 2.05) is 6.92 Å². The molecule has 1 saturated carbocycles. The Morgan fingerprint density at radius 2 is 1.92 bits per heavy atom. The maximum absolute atomic E-state index is 12.7. The molecule has 3 heteroatoms. The molecule has 2 rings (SSSR count). The summed E-state index contributed by atoms with van der Waals surface area (Å²) in [6.45, 7) is 2.01. The Bertz CT molecular complexity index is 319. The fraction of sp³-hybridized carbons (Fsp3) is 0.300. The SMILES string of the molecule is CC1(c2ccc(F)c(F)c2)[CH-]C1.[K+]. The van der Waals surface area contributed by atoms with E-state index in [1.165, 1.54) is 12.1 Å². The molecule has 1 aliphatic carbocycles. The quantitative estimate of drug-likeness (QED) is 0.442. The molecule has 0 spiro atoms. The van der Waals surface area contributed by atoms with Gasteiger partial charge in [0.05, 0.1) is 0 Å². The van der Waals surface area contributed by atoms with Crippen molar-refractivity contribution in [3.05, 3.63) is 41.8 Å². The Kier molecular flexibility index (Phi) is 3.69.